The van der Waals surface area contributed by atoms with Gasteiger partial charge in [0.15, 0.2) is 6.61 Å². The average Bonchev–Trinajstić information content (AvgIpc) is 3.28. The molecule has 30 heavy (non-hydrogen) atoms. The minimum Gasteiger partial charge on any atom is -0.452 e. The second-order valence-electron chi connectivity index (χ2n) is 6.56. The van der Waals surface area contributed by atoms with E-state index in [2.05, 4.69) is 5.32 Å². The fourth-order valence-corrected chi connectivity index (χ4v) is 4.44. The van der Waals surface area contributed by atoms with E-state index in [9.17, 15) is 28.1 Å². The van der Waals surface area contributed by atoms with Gasteiger partial charge < -0.3 is 10.1 Å². The predicted octanol–water partition coefficient (Wildman–Crippen LogP) is 2.17. The Morgan fingerprint density at radius 3 is 2.20 bits per heavy atom. The third-order valence-electron chi connectivity index (χ3n) is 4.49. The van der Waals surface area contributed by atoms with Crippen LogP contribution in [-0.4, -0.2) is 49.2 Å². The van der Waals surface area contributed by atoms with E-state index in [1.54, 1.807) is 0 Å². The van der Waals surface area contributed by atoms with Gasteiger partial charge in [0, 0.05) is 30.9 Å². The maximum absolute atomic E-state index is 12.5. The van der Waals surface area contributed by atoms with Crippen LogP contribution in [0.15, 0.2) is 53.4 Å². The molecule has 158 valence electrons. The van der Waals surface area contributed by atoms with Crippen LogP contribution in [0.3, 0.4) is 0 Å². The summed E-state index contributed by atoms with van der Waals surface area (Å²) >= 11 is 0. The predicted molar refractivity (Wildman–Crippen MR) is 106 cm³/mol. The van der Waals surface area contributed by atoms with E-state index in [-0.39, 0.29) is 16.1 Å². The molecule has 0 atom stereocenters. The number of carbonyl (C=O) groups excluding carboxylic acids is 2. The van der Waals surface area contributed by atoms with Crippen molar-refractivity contribution in [3.63, 3.8) is 0 Å². The Hall–Kier alpha value is -3.31. The molecule has 1 fully saturated rings. The van der Waals surface area contributed by atoms with Crippen LogP contribution in [0.4, 0.5) is 11.4 Å². The molecule has 1 aliphatic heterocycles. The number of nitrogens with one attached hydrogen (secondary N) is 1. The Morgan fingerprint density at radius 1 is 1.03 bits per heavy atom. The van der Waals surface area contributed by atoms with E-state index < -0.39 is 33.4 Å². The quantitative estimate of drug-likeness (QED) is 0.401. The highest BCUT2D eigenvalue weighted by Crippen LogP contribution is 2.21. The normalized spacial score (nSPS) is 14.3. The summed E-state index contributed by atoms with van der Waals surface area (Å²) in [6.45, 7) is 0.398. The van der Waals surface area contributed by atoms with Crippen molar-refractivity contribution in [1.29, 1.82) is 0 Å². The number of hydrogen-bond acceptors (Lipinski definition) is 7. The van der Waals surface area contributed by atoms with Crippen LogP contribution in [0.1, 0.15) is 23.2 Å². The smallest absolute Gasteiger partial charge is 0.338 e. The largest absolute Gasteiger partial charge is 0.452 e. The zero-order chi connectivity index (χ0) is 21.7. The summed E-state index contributed by atoms with van der Waals surface area (Å²) in [5.41, 5.74) is 0.311. The van der Waals surface area contributed by atoms with Gasteiger partial charge in [0.05, 0.1) is 15.4 Å². The zero-order valence-electron chi connectivity index (χ0n) is 15.8. The van der Waals surface area contributed by atoms with Crippen molar-refractivity contribution in [2.24, 2.45) is 0 Å². The summed E-state index contributed by atoms with van der Waals surface area (Å²) in [4.78, 5) is 34.1. The molecular weight excluding hydrogens is 414 g/mol. The van der Waals surface area contributed by atoms with Crippen molar-refractivity contribution in [2.45, 2.75) is 17.7 Å². The second kappa shape index (κ2) is 9.01. The molecule has 0 spiro atoms. The minimum absolute atomic E-state index is 0.0943. The Balaban J connectivity index is 1.54. The lowest BCUT2D eigenvalue weighted by Crippen LogP contribution is -2.27. The van der Waals surface area contributed by atoms with Crippen LogP contribution >= 0.6 is 0 Å². The highest BCUT2D eigenvalue weighted by Gasteiger charge is 2.27. The minimum atomic E-state index is -3.58. The molecule has 2 aromatic rings. The van der Waals surface area contributed by atoms with Crippen molar-refractivity contribution in [3.05, 3.63) is 64.2 Å². The van der Waals surface area contributed by atoms with Gasteiger partial charge in [-0.1, -0.05) is 0 Å². The molecule has 0 bridgehead atoms. The number of non-ortho nitro benzene ring substituents is 1. The summed E-state index contributed by atoms with van der Waals surface area (Å²) in [6, 6.07) is 10.5. The standard InChI is InChI=1S/C19H19N3O7S/c23-18(20-15-5-7-16(8-6-15)22(25)26)13-29-19(24)14-3-9-17(10-4-14)30(27,28)21-11-1-2-12-21/h3-10H,1-2,11-13H2,(H,20,23). The molecular formula is C19H19N3O7S. The van der Waals surface area contributed by atoms with E-state index in [0.29, 0.717) is 18.8 Å². The molecule has 0 aliphatic carbocycles. The molecule has 1 N–H and O–H groups in total. The van der Waals surface area contributed by atoms with Gasteiger partial charge in [0.25, 0.3) is 11.6 Å². The zero-order valence-corrected chi connectivity index (χ0v) is 16.6. The van der Waals surface area contributed by atoms with Crippen LogP contribution < -0.4 is 5.32 Å². The summed E-state index contributed by atoms with van der Waals surface area (Å²) in [5, 5.41) is 13.1. The monoisotopic (exact) mass is 433 g/mol. The number of ether oxygens (including phenoxy) is 1. The van der Waals surface area contributed by atoms with Gasteiger partial charge >= 0.3 is 5.97 Å². The fraction of sp³-hybridized carbons (Fsp3) is 0.263. The second-order valence-corrected chi connectivity index (χ2v) is 8.50. The molecule has 0 saturated carbocycles. The van der Waals surface area contributed by atoms with E-state index in [1.807, 2.05) is 0 Å². The van der Waals surface area contributed by atoms with Crippen molar-refractivity contribution < 1.29 is 27.7 Å². The third-order valence-corrected chi connectivity index (χ3v) is 6.40. The Kier molecular flexibility index (Phi) is 6.43. The molecule has 1 saturated heterocycles. The molecule has 2 aromatic carbocycles. The maximum atomic E-state index is 12.5. The van der Waals surface area contributed by atoms with E-state index >= 15 is 0 Å². The Morgan fingerprint density at radius 2 is 1.63 bits per heavy atom. The summed E-state index contributed by atoms with van der Waals surface area (Å²) in [7, 11) is -3.58. The number of anilines is 1. The third kappa shape index (κ3) is 4.99. The van der Waals surface area contributed by atoms with Crippen LogP contribution in [0.2, 0.25) is 0 Å². The van der Waals surface area contributed by atoms with Gasteiger partial charge in [-0.15, -0.1) is 0 Å². The highest BCUT2D eigenvalue weighted by molar-refractivity contribution is 7.89. The summed E-state index contributed by atoms with van der Waals surface area (Å²) in [6.07, 6.45) is 1.65. The molecule has 0 aromatic heterocycles. The molecule has 3 rings (SSSR count). The van der Waals surface area contributed by atoms with Gasteiger partial charge in [-0.2, -0.15) is 4.31 Å². The van der Waals surface area contributed by atoms with E-state index in [1.165, 1.54) is 52.8 Å². The van der Waals surface area contributed by atoms with E-state index in [4.69, 9.17) is 4.74 Å². The first-order valence-corrected chi connectivity index (χ1v) is 10.5. The SMILES string of the molecule is O=C(COC(=O)c1ccc(S(=O)(=O)N2CCCC2)cc1)Nc1ccc([N+](=O)[O-])cc1. The van der Waals surface area contributed by atoms with Crippen molar-refractivity contribution in [1.82, 2.24) is 4.31 Å². The number of sulfonamides is 1. The highest BCUT2D eigenvalue weighted by atomic mass is 32.2. The molecule has 10 nitrogen and oxygen atoms in total. The molecule has 0 unspecified atom stereocenters. The van der Waals surface area contributed by atoms with Crippen LogP contribution in [0, 0.1) is 10.1 Å². The molecule has 1 aliphatic rings. The lowest BCUT2D eigenvalue weighted by atomic mass is 10.2. The first-order valence-electron chi connectivity index (χ1n) is 9.09. The van der Waals surface area contributed by atoms with Crippen LogP contribution in [0.25, 0.3) is 0 Å². The summed E-state index contributed by atoms with van der Waals surface area (Å²) < 4.78 is 31.3. The van der Waals surface area contributed by atoms with Gasteiger partial charge in [-0.25, -0.2) is 13.2 Å². The number of carbonyl (C=O) groups is 2. The lowest BCUT2D eigenvalue weighted by Gasteiger charge is -2.15. The van der Waals surface area contributed by atoms with Gasteiger partial charge in [-0.3, -0.25) is 14.9 Å². The first-order chi connectivity index (χ1) is 14.3. The number of hydrogen-bond donors (Lipinski definition) is 1. The van der Waals surface area contributed by atoms with Crippen molar-refractivity contribution >= 4 is 33.3 Å². The number of benzene rings is 2. The molecule has 1 amide bonds. The lowest BCUT2D eigenvalue weighted by molar-refractivity contribution is -0.384. The van der Waals surface area contributed by atoms with Gasteiger partial charge in [0.2, 0.25) is 10.0 Å². The van der Waals surface area contributed by atoms with Crippen molar-refractivity contribution in [2.75, 3.05) is 25.0 Å². The first kappa shape index (κ1) is 21.4. The molecule has 1 heterocycles. The maximum Gasteiger partial charge on any atom is 0.338 e. The van der Waals surface area contributed by atoms with Crippen LogP contribution in [0.5, 0.6) is 0 Å². The van der Waals surface area contributed by atoms with Crippen LogP contribution in [-0.2, 0) is 19.6 Å². The number of amides is 1. The van der Waals surface area contributed by atoms with E-state index in [0.717, 1.165) is 12.8 Å². The number of nitro groups is 1. The molecule has 11 heteroatoms. The topological polar surface area (TPSA) is 136 Å². The van der Waals surface area contributed by atoms with Crippen molar-refractivity contribution in [3.8, 4) is 0 Å². The number of esters is 1. The average molecular weight is 433 g/mol. The number of rotatable bonds is 7. The summed E-state index contributed by atoms with van der Waals surface area (Å²) in [5.74, 6) is -1.40. The fourth-order valence-electron chi connectivity index (χ4n) is 2.92. The Bertz CT molecular complexity index is 1040. The van der Waals surface area contributed by atoms with Gasteiger partial charge in [0.1, 0.15) is 0 Å². The Labute approximate surface area is 172 Å². The molecule has 0 radical (unpaired) electrons. The number of nitrogens with zero attached hydrogens (tertiary/aromatic N) is 2. The number of nitro benzene ring substituents is 1. The van der Waals surface area contributed by atoms with Gasteiger partial charge in [-0.05, 0) is 49.2 Å².